The number of hydrogen-bond acceptors (Lipinski definition) is 4. The van der Waals surface area contributed by atoms with E-state index >= 15 is 0 Å². The molecule has 1 amide bonds. The highest BCUT2D eigenvalue weighted by Crippen LogP contribution is 2.31. The van der Waals surface area contributed by atoms with Gasteiger partial charge in [0.1, 0.15) is 5.75 Å². The molecule has 0 unspecified atom stereocenters. The second kappa shape index (κ2) is 9.49. The van der Waals surface area contributed by atoms with Crippen LogP contribution in [0.4, 0.5) is 24.5 Å². The number of carbonyl (C=O) groups is 1. The standard InChI is InChI=1S/C21H16ClF3N2O4S/c22-15-7-9-16(10-8-15)27-32(29,30)19-6-2-4-17(12-19)26-20(28)13-31-18-5-1-3-14(11-18)21(23,24)25/h1-12,27H,13H2,(H,26,28). The van der Waals surface area contributed by atoms with Gasteiger partial charge in [-0.2, -0.15) is 13.2 Å². The fourth-order valence-electron chi connectivity index (χ4n) is 2.58. The van der Waals surface area contributed by atoms with Gasteiger partial charge >= 0.3 is 6.18 Å². The summed E-state index contributed by atoms with van der Waals surface area (Å²) in [7, 11) is -3.94. The van der Waals surface area contributed by atoms with Crippen molar-refractivity contribution in [2.75, 3.05) is 16.6 Å². The zero-order valence-electron chi connectivity index (χ0n) is 16.2. The van der Waals surface area contributed by atoms with Gasteiger partial charge in [0, 0.05) is 16.4 Å². The molecule has 0 fully saturated rings. The molecule has 11 heteroatoms. The summed E-state index contributed by atoms with van der Waals surface area (Å²) < 4.78 is 70.9. The van der Waals surface area contributed by atoms with Crippen molar-refractivity contribution in [2.24, 2.45) is 0 Å². The maximum absolute atomic E-state index is 12.7. The molecular formula is C21H16ClF3N2O4S. The Kier molecular flexibility index (Phi) is 6.95. The van der Waals surface area contributed by atoms with Crippen LogP contribution in [0.2, 0.25) is 5.02 Å². The van der Waals surface area contributed by atoms with Gasteiger partial charge in [0.2, 0.25) is 0 Å². The molecule has 6 nitrogen and oxygen atoms in total. The lowest BCUT2D eigenvalue weighted by atomic mass is 10.2. The van der Waals surface area contributed by atoms with E-state index in [9.17, 15) is 26.4 Å². The normalized spacial score (nSPS) is 11.6. The Balaban J connectivity index is 1.64. The Morgan fingerprint density at radius 3 is 2.31 bits per heavy atom. The Morgan fingerprint density at radius 1 is 0.938 bits per heavy atom. The van der Waals surface area contributed by atoms with Gasteiger partial charge < -0.3 is 10.1 Å². The van der Waals surface area contributed by atoms with Crippen LogP contribution in [0.25, 0.3) is 0 Å². The SMILES string of the molecule is O=C(COc1cccc(C(F)(F)F)c1)Nc1cccc(S(=O)(=O)Nc2ccc(Cl)cc2)c1. The predicted octanol–water partition coefficient (Wildman–Crippen LogP) is 5.18. The molecule has 0 aliphatic carbocycles. The number of ether oxygens (including phenoxy) is 1. The van der Waals surface area contributed by atoms with Crippen molar-refractivity contribution in [3.63, 3.8) is 0 Å². The van der Waals surface area contributed by atoms with Crippen LogP contribution >= 0.6 is 11.6 Å². The van der Waals surface area contributed by atoms with E-state index in [1.807, 2.05) is 0 Å². The zero-order valence-corrected chi connectivity index (χ0v) is 17.8. The fraction of sp³-hybridized carbons (Fsp3) is 0.0952. The van der Waals surface area contributed by atoms with Gasteiger partial charge in [0.05, 0.1) is 10.5 Å². The Bertz CT molecular complexity index is 1220. The number of alkyl halides is 3. The summed E-state index contributed by atoms with van der Waals surface area (Å²) in [4.78, 5) is 12.0. The number of sulfonamides is 1. The second-order valence-corrected chi connectivity index (χ2v) is 8.62. The van der Waals surface area contributed by atoms with Crippen molar-refractivity contribution in [1.29, 1.82) is 0 Å². The molecule has 3 aromatic rings. The third-order valence-corrected chi connectivity index (χ3v) is 5.69. The largest absolute Gasteiger partial charge is 0.484 e. The van der Waals surface area contributed by atoms with E-state index in [4.69, 9.17) is 16.3 Å². The first-order valence-electron chi connectivity index (χ1n) is 9.01. The van der Waals surface area contributed by atoms with Crippen molar-refractivity contribution in [2.45, 2.75) is 11.1 Å². The molecule has 0 saturated carbocycles. The molecule has 0 aliphatic heterocycles. The van der Waals surface area contributed by atoms with Gasteiger partial charge in [-0.3, -0.25) is 9.52 Å². The van der Waals surface area contributed by atoms with Gasteiger partial charge in [-0.15, -0.1) is 0 Å². The van der Waals surface area contributed by atoms with Gasteiger partial charge in [0.15, 0.2) is 6.61 Å². The van der Waals surface area contributed by atoms with Gasteiger partial charge in [-0.25, -0.2) is 8.42 Å². The highest BCUT2D eigenvalue weighted by atomic mass is 35.5. The Morgan fingerprint density at radius 2 is 1.62 bits per heavy atom. The summed E-state index contributed by atoms with van der Waals surface area (Å²) in [6.07, 6.45) is -4.53. The number of nitrogens with one attached hydrogen (secondary N) is 2. The summed E-state index contributed by atoms with van der Waals surface area (Å²) in [5.41, 5.74) is -0.429. The fourth-order valence-corrected chi connectivity index (χ4v) is 3.81. The van der Waals surface area contributed by atoms with E-state index in [0.29, 0.717) is 10.7 Å². The maximum Gasteiger partial charge on any atom is 0.416 e. The number of rotatable bonds is 7. The highest BCUT2D eigenvalue weighted by molar-refractivity contribution is 7.92. The van der Waals surface area contributed by atoms with Crippen molar-refractivity contribution in [3.8, 4) is 5.75 Å². The van der Waals surface area contributed by atoms with Crippen molar-refractivity contribution < 1.29 is 31.1 Å². The average molecular weight is 485 g/mol. The molecule has 0 saturated heterocycles. The molecule has 0 heterocycles. The first kappa shape index (κ1) is 23.4. The Hall–Kier alpha value is -3.24. The lowest BCUT2D eigenvalue weighted by Gasteiger charge is -2.12. The minimum absolute atomic E-state index is 0.107. The molecule has 0 spiro atoms. The summed E-state index contributed by atoms with van der Waals surface area (Å²) in [5.74, 6) is -0.805. The van der Waals surface area contributed by atoms with Crippen LogP contribution in [0, 0.1) is 0 Å². The number of amides is 1. The quantitative estimate of drug-likeness (QED) is 0.484. The summed E-state index contributed by atoms with van der Waals surface area (Å²) >= 11 is 5.78. The maximum atomic E-state index is 12.7. The molecule has 0 atom stereocenters. The Labute approximate surface area is 187 Å². The van der Waals surface area contributed by atoms with Gasteiger partial charge in [0.25, 0.3) is 15.9 Å². The molecule has 32 heavy (non-hydrogen) atoms. The molecule has 0 aromatic heterocycles. The molecule has 0 bridgehead atoms. The number of benzene rings is 3. The highest BCUT2D eigenvalue weighted by Gasteiger charge is 2.30. The molecule has 2 N–H and O–H groups in total. The topological polar surface area (TPSA) is 84.5 Å². The van der Waals surface area contributed by atoms with Crippen LogP contribution in [0.15, 0.2) is 77.7 Å². The monoisotopic (exact) mass is 484 g/mol. The van der Waals surface area contributed by atoms with E-state index in [1.54, 1.807) is 0 Å². The lowest BCUT2D eigenvalue weighted by Crippen LogP contribution is -2.20. The van der Waals surface area contributed by atoms with E-state index in [-0.39, 0.29) is 16.3 Å². The van der Waals surface area contributed by atoms with Crippen molar-refractivity contribution >= 4 is 38.9 Å². The molecule has 3 aromatic carbocycles. The molecule has 0 radical (unpaired) electrons. The minimum atomic E-state index is -4.53. The smallest absolute Gasteiger partial charge is 0.416 e. The molecular weight excluding hydrogens is 469 g/mol. The predicted molar refractivity (Wildman–Crippen MR) is 114 cm³/mol. The molecule has 168 valence electrons. The summed E-state index contributed by atoms with van der Waals surface area (Å²) in [5, 5.41) is 2.89. The minimum Gasteiger partial charge on any atom is -0.484 e. The number of anilines is 2. The third-order valence-electron chi connectivity index (χ3n) is 4.06. The second-order valence-electron chi connectivity index (χ2n) is 6.50. The molecule has 3 rings (SSSR count). The van der Waals surface area contributed by atoms with E-state index < -0.39 is 34.3 Å². The number of hydrogen-bond donors (Lipinski definition) is 2. The lowest BCUT2D eigenvalue weighted by molar-refractivity contribution is -0.137. The van der Waals surface area contributed by atoms with Crippen LogP contribution < -0.4 is 14.8 Å². The first-order valence-corrected chi connectivity index (χ1v) is 10.9. The van der Waals surface area contributed by atoms with E-state index in [2.05, 4.69) is 10.0 Å². The van der Waals surface area contributed by atoms with E-state index in [1.165, 1.54) is 54.6 Å². The summed E-state index contributed by atoms with van der Waals surface area (Å²) in [6, 6.07) is 15.6. The van der Waals surface area contributed by atoms with Crippen LogP contribution in [0.3, 0.4) is 0 Å². The first-order chi connectivity index (χ1) is 15.0. The van der Waals surface area contributed by atoms with E-state index in [0.717, 1.165) is 18.2 Å². The third kappa shape index (κ3) is 6.38. The number of carbonyl (C=O) groups excluding carboxylic acids is 1. The van der Waals surface area contributed by atoms with Gasteiger partial charge in [-0.05, 0) is 60.7 Å². The van der Waals surface area contributed by atoms with Gasteiger partial charge in [-0.1, -0.05) is 23.7 Å². The summed E-state index contributed by atoms with van der Waals surface area (Å²) in [6.45, 7) is -0.568. The van der Waals surface area contributed by atoms with Crippen molar-refractivity contribution in [3.05, 3.63) is 83.4 Å². The van der Waals surface area contributed by atoms with Crippen LogP contribution in [0.1, 0.15) is 5.56 Å². The molecule has 0 aliphatic rings. The van der Waals surface area contributed by atoms with Crippen LogP contribution in [-0.2, 0) is 21.0 Å². The average Bonchev–Trinajstić information content (AvgIpc) is 2.74. The van der Waals surface area contributed by atoms with Crippen molar-refractivity contribution in [1.82, 2.24) is 0 Å². The van der Waals surface area contributed by atoms with Crippen LogP contribution in [0.5, 0.6) is 5.75 Å². The number of halogens is 4. The van der Waals surface area contributed by atoms with Crippen LogP contribution in [-0.4, -0.2) is 20.9 Å². The zero-order chi connectivity index (χ0) is 23.4.